The average Bonchev–Trinajstić information content (AvgIpc) is 2.78. The summed E-state index contributed by atoms with van der Waals surface area (Å²) in [4.78, 5) is 26.8. The minimum absolute atomic E-state index is 0.207. The fourth-order valence-corrected chi connectivity index (χ4v) is 3.79. The third-order valence-corrected chi connectivity index (χ3v) is 5.03. The van der Waals surface area contributed by atoms with Gasteiger partial charge in [0.2, 0.25) is 0 Å². The van der Waals surface area contributed by atoms with E-state index in [0.717, 1.165) is 34.0 Å². The molecule has 2 aromatic carbocycles. The molecule has 0 radical (unpaired) electrons. The smallest absolute Gasteiger partial charge is 0.268 e. The van der Waals surface area contributed by atoms with Gasteiger partial charge >= 0.3 is 0 Å². The molecular formula is C20H19NO2S. The largest absolute Gasteiger partial charge is 0.293 e. The predicted molar refractivity (Wildman–Crippen MR) is 98.6 cm³/mol. The molecule has 0 bridgehead atoms. The third kappa shape index (κ3) is 3.29. The molecule has 2 aromatic rings. The second-order valence-corrected chi connectivity index (χ2v) is 7.05. The Bertz CT molecular complexity index is 817. The summed E-state index contributed by atoms with van der Waals surface area (Å²) in [5, 5.41) is -0.207. The van der Waals surface area contributed by atoms with E-state index in [1.54, 1.807) is 6.08 Å². The molecule has 0 N–H and O–H groups in total. The van der Waals surface area contributed by atoms with Crippen molar-refractivity contribution in [2.75, 3.05) is 0 Å². The van der Waals surface area contributed by atoms with Crippen LogP contribution < -0.4 is 0 Å². The SMILES string of the molecule is Cc1cc(C)c(CN2C(=O)SC(=Cc3ccccc3)C2=O)c(C)c1. The van der Waals surface area contributed by atoms with Gasteiger partial charge in [-0.25, -0.2) is 0 Å². The first kappa shape index (κ1) is 16.5. The van der Waals surface area contributed by atoms with Gasteiger partial charge in [0.1, 0.15) is 0 Å². The van der Waals surface area contributed by atoms with Crippen LogP contribution in [0.3, 0.4) is 0 Å². The highest BCUT2D eigenvalue weighted by Crippen LogP contribution is 2.34. The molecule has 0 aliphatic carbocycles. The van der Waals surface area contributed by atoms with Crippen LogP contribution in [-0.2, 0) is 11.3 Å². The van der Waals surface area contributed by atoms with Gasteiger partial charge in [0, 0.05) is 0 Å². The molecule has 3 rings (SSSR count). The lowest BCUT2D eigenvalue weighted by molar-refractivity contribution is -0.123. The van der Waals surface area contributed by atoms with Crippen molar-refractivity contribution in [2.45, 2.75) is 27.3 Å². The number of imide groups is 1. The van der Waals surface area contributed by atoms with Crippen LogP contribution in [0.4, 0.5) is 4.79 Å². The summed E-state index contributed by atoms with van der Waals surface area (Å²) >= 11 is 1.01. The summed E-state index contributed by atoms with van der Waals surface area (Å²) in [6.07, 6.45) is 1.78. The topological polar surface area (TPSA) is 37.4 Å². The van der Waals surface area contributed by atoms with Crippen molar-refractivity contribution < 1.29 is 9.59 Å². The summed E-state index contributed by atoms with van der Waals surface area (Å²) in [6.45, 7) is 6.42. The highest BCUT2D eigenvalue weighted by Gasteiger charge is 2.35. The molecule has 4 heteroatoms. The average molecular weight is 337 g/mol. The van der Waals surface area contributed by atoms with E-state index in [2.05, 4.69) is 12.1 Å². The molecule has 3 nitrogen and oxygen atoms in total. The number of hydrogen-bond donors (Lipinski definition) is 0. The monoisotopic (exact) mass is 337 g/mol. The zero-order chi connectivity index (χ0) is 17.3. The Kier molecular flexibility index (Phi) is 4.58. The summed E-state index contributed by atoms with van der Waals surface area (Å²) in [6, 6.07) is 13.8. The Morgan fingerprint density at radius 3 is 2.25 bits per heavy atom. The highest BCUT2D eigenvalue weighted by molar-refractivity contribution is 8.18. The Morgan fingerprint density at radius 1 is 1.00 bits per heavy atom. The Labute approximate surface area is 146 Å². The number of carbonyl (C=O) groups is 2. The standard InChI is InChI=1S/C20H19NO2S/c1-13-9-14(2)17(15(3)10-13)12-21-19(22)18(24-20(21)23)11-16-7-5-4-6-8-16/h4-11H,12H2,1-3H3. The number of amides is 2. The van der Waals surface area contributed by atoms with E-state index in [9.17, 15) is 9.59 Å². The van der Waals surface area contributed by atoms with Crippen LogP contribution >= 0.6 is 11.8 Å². The molecule has 122 valence electrons. The second kappa shape index (κ2) is 6.65. The van der Waals surface area contributed by atoms with Gasteiger partial charge in [0.05, 0.1) is 11.4 Å². The van der Waals surface area contributed by atoms with Crippen LogP contribution in [0, 0.1) is 20.8 Å². The first-order chi connectivity index (χ1) is 11.5. The fourth-order valence-electron chi connectivity index (χ4n) is 2.95. The number of benzene rings is 2. The summed E-state index contributed by atoms with van der Waals surface area (Å²) in [7, 11) is 0. The lowest BCUT2D eigenvalue weighted by Crippen LogP contribution is -2.28. The summed E-state index contributed by atoms with van der Waals surface area (Å²) < 4.78 is 0. The quantitative estimate of drug-likeness (QED) is 0.752. The van der Waals surface area contributed by atoms with Gasteiger partial charge in [-0.3, -0.25) is 14.5 Å². The normalized spacial score (nSPS) is 16.3. The number of hydrogen-bond acceptors (Lipinski definition) is 3. The Hall–Kier alpha value is -2.33. The number of aryl methyl sites for hydroxylation is 3. The minimum Gasteiger partial charge on any atom is -0.268 e. The number of carbonyl (C=O) groups excluding carboxylic acids is 2. The van der Waals surface area contributed by atoms with Crippen LogP contribution in [0.25, 0.3) is 6.08 Å². The van der Waals surface area contributed by atoms with Gasteiger partial charge in [-0.15, -0.1) is 0 Å². The number of nitrogens with zero attached hydrogens (tertiary/aromatic N) is 1. The predicted octanol–water partition coefficient (Wildman–Crippen LogP) is 4.85. The van der Waals surface area contributed by atoms with Gasteiger partial charge in [0.15, 0.2) is 0 Å². The van der Waals surface area contributed by atoms with Crippen molar-refractivity contribution >= 4 is 29.0 Å². The lowest BCUT2D eigenvalue weighted by atomic mass is 9.99. The molecule has 2 amide bonds. The first-order valence-corrected chi connectivity index (χ1v) is 8.64. The molecule has 0 atom stereocenters. The Balaban J connectivity index is 1.87. The van der Waals surface area contributed by atoms with Crippen LogP contribution in [0.2, 0.25) is 0 Å². The molecular weight excluding hydrogens is 318 g/mol. The van der Waals surface area contributed by atoms with Crippen molar-refractivity contribution in [1.29, 1.82) is 0 Å². The fraction of sp³-hybridized carbons (Fsp3) is 0.200. The van der Waals surface area contributed by atoms with E-state index >= 15 is 0 Å². The second-order valence-electron chi connectivity index (χ2n) is 6.06. The van der Waals surface area contributed by atoms with Gasteiger partial charge in [0.25, 0.3) is 11.1 Å². The number of thioether (sulfide) groups is 1. The molecule has 0 saturated carbocycles. The minimum atomic E-state index is -0.215. The maximum atomic E-state index is 12.6. The van der Waals surface area contributed by atoms with E-state index < -0.39 is 0 Å². The van der Waals surface area contributed by atoms with E-state index in [1.165, 1.54) is 10.5 Å². The molecule has 1 fully saturated rings. The van der Waals surface area contributed by atoms with E-state index in [0.29, 0.717) is 11.4 Å². The molecule has 1 saturated heterocycles. The van der Waals surface area contributed by atoms with Crippen LogP contribution in [0.1, 0.15) is 27.8 Å². The molecule has 0 unspecified atom stereocenters. The van der Waals surface area contributed by atoms with Gasteiger partial charge in [-0.1, -0.05) is 48.0 Å². The van der Waals surface area contributed by atoms with Crippen LogP contribution in [0.5, 0.6) is 0 Å². The van der Waals surface area contributed by atoms with Crippen LogP contribution in [0.15, 0.2) is 47.4 Å². The molecule has 0 aromatic heterocycles. The first-order valence-electron chi connectivity index (χ1n) is 7.83. The zero-order valence-electron chi connectivity index (χ0n) is 14.0. The molecule has 1 aliphatic rings. The van der Waals surface area contributed by atoms with Crippen LogP contribution in [-0.4, -0.2) is 16.0 Å². The van der Waals surface area contributed by atoms with Crippen molar-refractivity contribution in [1.82, 2.24) is 4.90 Å². The van der Waals surface area contributed by atoms with Crippen molar-refractivity contribution in [3.63, 3.8) is 0 Å². The zero-order valence-corrected chi connectivity index (χ0v) is 14.8. The van der Waals surface area contributed by atoms with Crippen molar-refractivity contribution in [3.05, 3.63) is 75.2 Å². The highest BCUT2D eigenvalue weighted by atomic mass is 32.2. The Morgan fingerprint density at radius 2 is 1.62 bits per heavy atom. The maximum absolute atomic E-state index is 12.6. The summed E-state index contributed by atoms with van der Waals surface area (Å²) in [5.74, 6) is -0.215. The van der Waals surface area contributed by atoms with Gasteiger partial charge in [-0.2, -0.15) is 0 Å². The maximum Gasteiger partial charge on any atom is 0.293 e. The van der Waals surface area contributed by atoms with E-state index in [1.807, 2.05) is 51.1 Å². The van der Waals surface area contributed by atoms with Crippen molar-refractivity contribution in [2.24, 2.45) is 0 Å². The molecule has 1 aliphatic heterocycles. The third-order valence-electron chi connectivity index (χ3n) is 4.13. The van der Waals surface area contributed by atoms with E-state index in [-0.39, 0.29) is 11.1 Å². The summed E-state index contributed by atoms with van der Waals surface area (Å²) in [5.41, 5.74) is 5.37. The lowest BCUT2D eigenvalue weighted by Gasteiger charge is -2.17. The molecule has 1 heterocycles. The van der Waals surface area contributed by atoms with Gasteiger partial charge < -0.3 is 0 Å². The van der Waals surface area contributed by atoms with Gasteiger partial charge in [-0.05, 0) is 60.9 Å². The van der Waals surface area contributed by atoms with Crippen molar-refractivity contribution in [3.8, 4) is 0 Å². The number of rotatable bonds is 3. The molecule has 24 heavy (non-hydrogen) atoms. The molecule has 0 spiro atoms. The van der Waals surface area contributed by atoms with E-state index in [4.69, 9.17) is 0 Å².